The van der Waals surface area contributed by atoms with E-state index in [9.17, 15) is 5.26 Å². The molecule has 3 nitrogen and oxygen atoms in total. The summed E-state index contributed by atoms with van der Waals surface area (Å²) in [7, 11) is 0. The fourth-order valence-electron chi connectivity index (χ4n) is 2.50. The number of nitrogens with zero attached hydrogens (tertiary/aromatic N) is 2. The molecule has 0 bridgehead atoms. The molecule has 0 saturated heterocycles. The smallest absolute Gasteiger partial charge is 0.106 e. The van der Waals surface area contributed by atoms with Gasteiger partial charge in [0.2, 0.25) is 0 Å². The van der Waals surface area contributed by atoms with E-state index in [1.165, 1.54) is 5.56 Å². The number of nitriles is 1. The Morgan fingerprint density at radius 1 is 1.38 bits per heavy atom. The third-order valence-corrected chi connectivity index (χ3v) is 4.45. The van der Waals surface area contributed by atoms with Crippen LogP contribution < -0.4 is 5.32 Å². The van der Waals surface area contributed by atoms with Crippen LogP contribution in [0.1, 0.15) is 51.3 Å². The number of rotatable bonds is 8. The zero-order valence-corrected chi connectivity index (χ0v) is 14.7. The molecule has 0 amide bonds. The minimum atomic E-state index is -0.384. The number of aryl methyl sites for hydroxylation is 2. The van der Waals surface area contributed by atoms with Crippen LogP contribution in [0, 0.1) is 25.2 Å². The predicted octanol–water partition coefficient (Wildman–Crippen LogP) is 4.24. The molecule has 1 aromatic rings. The maximum absolute atomic E-state index is 9.48. The van der Waals surface area contributed by atoms with Crippen molar-refractivity contribution in [2.75, 3.05) is 5.75 Å². The van der Waals surface area contributed by atoms with E-state index < -0.39 is 0 Å². The topological polar surface area (TPSA) is 48.7 Å². The predicted molar refractivity (Wildman–Crippen MR) is 90.6 cm³/mol. The Kier molecular flexibility index (Phi) is 7.21. The van der Waals surface area contributed by atoms with Crippen LogP contribution in [0.25, 0.3) is 0 Å². The zero-order chi connectivity index (χ0) is 15.9. The van der Waals surface area contributed by atoms with Crippen LogP contribution in [-0.2, 0) is 0 Å². The number of hydrogen-bond donors (Lipinski definition) is 1. The van der Waals surface area contributed by atoms with Crippen molar-refractivity contribution in [3.63, 3.8) is 0 Å². The summed E-state index contributed by atoms with van der Waals surface area (Å²) in [5, 5.41) is 14.0. The normalized spacial score (nSPS) is 14.0. The summed E-state index contributed by atoms with van der Waals surface area (Å²) in [6.45, 7) is 10.4. The first-order valence-electron chi connectivity index (χ1n) is 7.68. The second kappa shape index (κ2) is 8.41. The van der Waals surface area contributed by atoms with Crippen LogP contribution in [-0.4, -0.2) is 22.3 Å². The fourth-order valence-corrected chi connectivity index (χ4v) is 3.48. The summed E-state index contributed by atoms with van der Waals surface area (Å²) in [6.07, 6.45) is 2.74. The lowest BCUT2D eigenvalue weighted by Crippen LogP contribution is -2.47. The highest BCUT2D eigenvalue weighted by Gasteiger charge is 2.27. The van der Waals surface area contributed by atoms with Crippen LogP contribution in [0.2, 0.25) is 0 Å². The minimum absolute atomic E-state index is 0.332. The Morgan fingerprint density at radius 2 is 2.10 bits per heavy atom. The number of thioether (sulfide) groups is 1. The van der Waals surface area contributed by atoms with E-state index in [-0.39, 0.29) is 5.54 Å². The number of pyridine rings is 1. The van der Waals surface area contributed by atoms with Gasteiger partial charge in [0, 0.05) is 11.7 Å². The van der Waals surface area contributed by atoms with E-state index in [0.717, 1.165) is 35.7 Å². The van der Waals surface area contributed by atoms with Crippen LogP contribution in [0.4, 0.5) is 0 Å². The van der Waals surface area contributed by atoms with Gasteiger partial charge < -0.3 is 0 Å². The van der Waals surface area contributed by atoms with Gasteiger partial charge in [0.05, 0.1) is 11.1 Å². The van der Waals surface area contributed by atoms with E-state index in [1.54, 1.807) is 11.8 Å². The number of hydrogen-bond acceptors (Lipinski definition) is 4. The zero-order valence-electron chi connectivity index (χ0n) is 13.9. The first-order valence-corrected chi connectivity index (χ1v) is 8.66. The SMILES string of the molecule is CCC(C#N)(CCCSc1cc(C)cc(C)n1)NC(C)C. The van der Waals surface area contributed by atoms with Gasteiger partial charge >= 0.3 is 0 Å². The van der Waals surface area contributed by atoms with Gasteiger partial charge in [-0.3, -0.25) is 5.32 Å². The van der Waals surface area contributed by atoms with Gasteiger partial charge in [-0.25, -0.2) is 4.98 Å². The summed E-state index contributed by atoms with van der Waals surface area (Å²) in [4.78, 5) is 4.54. The minimum Gasteiger partial charge on any atom is -0.297 e. The fraction of sp³-hybridized carbons (Fsp3) is 0.647. The second-order valence-electron chi connectivity index (χ2n) is 5.92. The van der Waals surface area contributed by atoms with Crippen molar-refractivity contribution in [1.82, 2.24) is 10.3 Å². The first-order chi connectivity index (χ1) is 9.90. The number of nitrogens with one attached hydrogen (secondary N) is 1. The van der Waals surface area contributed by atoms with Crippen LogP contribution in [0.5, 0.6) is 0 Å². The first kappa shape index (κ1) is 18.0. The Hall–Kier alpha value is -1.05. The second-order valence-corrected chi connectivity index (χ2v) is 7.04. The van der Waals surface area contributed by atoms with Crippen LogP contribution in [0.3, 0.4) is 0 Å². The highest BCUT2D eigenvalue weighted by Crippen LogP contribution is 2.23. The molecule has 1 N–H and O–H groups in total. The van der Waals surface area contributed by atoms with Gasteiger partial charge in [-0.2, -0.15) is 5.26 Å². The molecule has 0 aliphatic heterocycles. The van der Waals surface area contributed by atoms with Crippen molar-refractivity contribution in [2.45, 2.75) is 70.5 Å². The molecule has 0 fully saturated rings. The molecule has 1 heterocycles. The Morgan fingerprint density at radius 3 is 2.62 bits per heavy atom. The third kappa shape index (κ3) is 6.07. The average molecular weight is 305 g/mol. The van der Waals surface area contributed by atoms with Gasteiger partial charge in [-0.05, 0) is 70.4 Å². The molecule has 0 aliphatic rings. The molecule has 0 spiro atoms. The van der Waals surface area contributed by atoms with Gasteiger partial charge in [0.15, 0.2) is 0 Å². The van der Waals surface area contributed by atoms with E-state index in [1.807, 2.05) is 6.92 Å². The molecular weight excluding hydrogens is 278 g/mol. The van der Waals surface area contributed by atoms with E-state index in [0.29, 0.717) is 6.04 Å². The standard InChI is InChI=1S/C17H27N3S/c1-6-17(12-18,20-13(2)3)8-7-9-21-16-11-14(4)10-15(5)19-16/h10-11,13,20H,6-9H2,1-5H3. The molecule has 1 rings (SSSR count). The van der Waals surface area contributed by atoms with Gasteiger partial charge in [0.25, 0.3) is 0 Å². The van der Waals surface area contributed by atoms with E-state index in [2.05, 4.69) is 56.2 Å². The molecule has 1 atom stereocenters. The van der Waals surface area contributed by atoms with Crippen molar-refractivity contribution < 1.29 is 0 Å². The van der Waals surface area contributed by atoms with Crippen LogP contribution >= 0.6 is 11.8 Å². The molecule has 4 heteroatoms. The third-order valence-electron chi connectivity index (χ3n) is 3.45. The van der Waals surface area contributed by atoms with Crippen molar-refractivity contribution in [3.8, 4) is 6.07 Å². The molecule has 21 heavy (non-hydrogen) atoms. The summed E-state index contributed by atoms with van der Waals surface area (Å²) < 4.78 is 0. The maximum atomic E-state index is 9.48. The largest absolute Gasteiger partial charge is 0.297 e. The average Bonchev–Trinajstić information content (AvgIpc) is 2.41. The van der Waals surface area contributed by atoms with Gasteiger partial charge in [0.1, 0.15) is 5.54 Å². The van der Waals surface area contributed by atoms with Crippen LogP contribution in [0.15, 0.2) is 17.2 Å². The molecular formula is C17H27N3S. The summed E-state index contributed by atoms with van der Waals surface area (Å²) in [6, 6.07) is 7.03. The van der Waals surface area contributed by atoms with Crippen molar-refractivity contribution in [3.05, 3.63) is 23.4 Å². The Balaban J connectivity index is 2.50. The summed E-state index contributed by atoms with van der Waals surface area (Å²) >= 11 is 1.78. The Labute approximate surface area is 133 Å². The van der Waals surface area contributed by atoms with Crippen molar-refractivity contribution >= 4 is 11.8 Å². The molecule has 1 aromatic heterocycles. The quantitative estimate of drug-likeness (QED) is 0.576. The highest BCUT2D eigenvalue weighted by molar-refractivity contribution is 7.99. The van der Waals surface area contributed by atoms with Crippen molar-refractivity contribution in [2.24, 2.45) is 0 Å². The maximum Gasteiger partial charge on any atom is 0.106 e. The lowest BCUT2D eigenvalue weighted by atomic mass is 9.91. The highest BCUT2D eigenvalue weighted by atomic mass is 32.2. The molecule has 0 saturated carbocycles. The van der Waals surface area contributed by atoms with E-state index >= 15 is 0 Å². The van der Waals surface area contributed by atoms with Gasteiger partial charge in [-0.15, -0.1) is 11.8 Å². The summed E-state index contributed by atoms with van der Waals surface area (Å²) in [5.41, 5.74) is 1.94. The molecule has 1 unspecified atom stereocenters. The number of aromatic nitrogens is 1. The lowest BCUT2D eigenvalue weighted by Gasteiger charge is -2.29. The Bertz CT molecular complexity index is 473. The van der Waals surface area contributed by atoms with Crippen molar-refractivity contribution in [1.29, 1.82) is 5.26 Å². The molecule has 116 valence electrons. The van der Waals surface area contributed by atoms with E-state index in [4.69, 9.17) is 0 Å². The molecule has 0 aromatic carbocycles. The molecule has 0 aliphatic carbocycles. The summed E-state index contributed by atoms with van der Waals surface area (Å²) in [5.74, 6) is 0.999. The lowest BCUT2D eigenvalue weighted by molar-refractivity contribution is 0.341. The molecule has 0 radical (unpaired) electrons. The van der Waals surface area contributed by atoms with Gasteiger partial charge in [-0.1, -0.05) is 6.92 Å². The monoisotopic (exact) mass is 305 g/mol.